The van der Waals surface area contributed by atoms with Crippen LogP contribution in [0, 0.1) is 0 Å². The summed E-state index contributed by atoms with van der Waals surface area (Å²) < 4.78 is 30.2. The quantitative estimate of drug-likeness (QED) is 0.729. The molecule has 0 saturated carbocycles. The fourth-order valence-electron chi connectivity index (χ4n) is 1.52. The van der Waals surface area contributed by atoms with Crippen molar-refractivity contribution in [1.82, 2.24) is 4.31 Å². The van der Waals surface area contributed by atoms with Crippen molar-refractivity contribution in [2.24, 2.45) is 0 Å². The average molecular weight is 301 g/mol. The Kier molecular flexibility index (Phi) is 5.97. The van der Waals surface area contributed by atoms with E-state index in [1.54, 1.807) is 0 Å². The molecule has 7 heteroatoms. The molecule has 20 heavy (non-hydrogen) atoms. The van der Waals surface area contributed by atoms with Crippen LogP contribution in [0.1, 0.15) is 13.3 Å². The molecular formula is C13H19NO5S. The summed E-state index contributed by atoms with van der Waals surface area (Å²) in [6.45, 7) is 1.74. The van der Waals surface area contributed by atoms with Gasteiger partial charge in [0, 0.05) is 13.6 Å². The standard InChI is InChI=1S/C13H19NO5S/c1-11(13(15)16)20(17,18)14(2)9-6-10-19-12-7-4-3-5-8-12/h3-5,7-8,11H,6,9-10H2,1-2H3,(H,15,16). The number of carbonyl (C=O) groups is 1. The predicted molar refractivity (Wildman–Crippen MR) is 75.2 cm³/mol. The number of sulfonamides is 1. The molecule has 1 aromatic rings. The van der Waals surface area contributed by atoms with Gasteiger partial charge in [-0.3, -0.25) is 4.79 Å². The van der Waals surface area contributed by atoms with E-state index in [9.17, 15) is 13.2 Å². The molecule has 1 rings (SSSR count). The van der Waals surface area contributed by atoms with E-state index in [-0.39, 0.29) is 6.54 Å². The zero-order valence-electron chi connectivity index (χ0n) is 11.5. The zero-order valence-corrected chi connectivity index (χ0v) is 12.3. The molecule has 0 aromatic heterocycles. The SMILES string of the molecule is CC(C(=O)O)S(=O)(=O)N(C)CCCOc1ccccc1. The van der Waals surface area contributed by atoms with E-state index in [2.05, 4.69) is 0 Å². The molecule has 1 unspecified atom stereocenters. The number of benzene rings is 1. The van der Waals surface area contributed by atoms with E-state index in [4.69, 9.17) is 9.84 Å². The fourth-order valence-corrected chi connectivity index (χ4v) is 2.70. The van der Waals surface area contributed by atoms with Crippen LogP contribution in [0.25, 0.3) is 0 Å². The highest BCUT2D eigenvalue weighted by Crippen LogP contribution is 2.10. The van der Waals surface area contributed by atoms with Gasteiger partial charge in [-0.1, -0.05) is 18.2 Å². The Morgan fingerprint density at radius 2 is 1.95 bits per heavy atom. The lowest BCUT2D eigenvalue weighted by atomic mass is 10.3. The summed E-state index contributed by atoms with van der Waals surface area (Å²) in [5.41, 5.74) is 0. The monoisotopic (exact) mass is 301 g/mol. The molecule has 1 aromatic carbocycles. The Bertz CT molecular complexity index is 529. The number of hydrogen-bond donors (Lipinski definition) is 1. The number of aliphatic carboxylic acids is 1. The largest absolute Gasteiger partial charge is 0.494 e. The fraction of sp³-hybridized carbons (Fsp3) is 0.462. The minimum absolute atomic E-state index is 0.215. The molecule has 0 spiro atoms. The van der Waals surface area contributed by atoms with Gasteiger partial charge in [0.1, 0.15) is 5.75 Å². The molecule has 0 fully saturated rings. The summed E-state index contributed by atoms with van der Waals surface area (Å²) in [5.74, 6) is -0.630. The highest BCUT2D eigenvalue weighted by molar-refractivity contribution is 7.90. The van der Waals surface area contributed by atoms with Gasteiger partial charge in [-0.05, 0) is 25.5 Å². The number of ether oxygens (including phenoxy) is 1. The van der Waals surface area contributed by atoms with E-state index >= 15 is 0 Å². The minimum atomic E-state index is -3.81. The van der Waals surface area contributed by atoms with Crippen LogP contribution in [0.4, 0.5) is 0 Å². The van der Waals surface area contributed by atoms with Gasteiger partial charge in [0.2, 0.25) is 10.0 Å². The van der Waals surface area contributed by atoms with Crippen LogP contribution in [0.5, 0.6) is 5.75 Å². The highest BCUT2D eigenvalue weighted by atomic mass is 32.2. The Hall–Kier alpha value is -1.60. The normalized spacial score (nSPS) is 13.2. The number of carboxylic acids is 1. The molecule has 0 aliphatic rings. The molecule has 1 N–H and O–H groups in total. The third-order valence-corrected chi connectivity index (χ3v) is 5.00. The third kappa shape index (κ3) is 4.50. The molecule has 112 valence electrons. The lowest BCUT2D eigenvalue weighted by Gasteiger charge is -2.19. The minimum Gasteiger partial charge on any atom is -0.494 e. The maximum atomic E-state index is 11.8. The molecule has 0 amide bonds. The van der Waals surface area contributed by atoms with E-state index in [0.29, 0.717) is 13.0 Å². The number of carboxylic acid groups (broad SMARTS) is 1. The molecule has 0 radical (unpaired) electrons. The predicted octanol–water partition coefficient (Wildman–Crippen LogP) is 1.19. The Morgan fingerprint density at radius 3 is 2.50 bits per heavy atom. The van der Waals surface area contributed by atoms with Crippen molar-refractivity contribution >= 4 is 16.0 Å². The second kappa shape index (κ2) is 7.25. The maximum Gasteiger partial charge on any atom is 0.323 e. The van der Waals surface area contributed by atoms with E-state index in [1.165, 1.54) is 7.05 Å². The molecule has 0 aliphatic heterocycles. The van der Waals surface area contributed by atoms with Gasteiger partial charge in [0.05, 0.1) is 6.61 Å². The first kappa shape index (κ1) is 16.5. The Morgan fingerprint density at radius 1 is 1.35 bits per heavy atom. The first-order valence-electron chi connectivity index (χ1n) is 6.21. The topological polar surface area (TPSA) is 83.9 Å². The zero-order chi connectivity index (χ0) is 15.2. The Balaban J connectivity index is 2.40. The second-order valence-electron chi connectivity index (χ2n) is 4.36. The smallest absolute Gasteiger partial charge is 0.323 e. The van der Waals surface area contributed by atoms with Crippen molar-refractivity contribution in [3.05, 3.63) is 30.3 Å². The van der Waals surface area contributed by atoms with Gasteiger partial charge in [0.25, 0.3) is 0 Å². The Labute approximate surface area is 119 Å². The summed E-state index contributed by atoms with van der Waals surface area (Å²) in [7, 11) is -2.43. The second-order valence-corrected chi connectivity index (χ2v) is 6.72. The summed E-state index contributed by atoms with van der Waals surface area (Å²) in [6, 6.07) is 9.20. The van der Waals surface area contributed by atoms with Gasteiger partial charge in [-0.25, -0.2) is 12.7 Å². The summed E-state index contributed by atoms with van der Waals surface area (Å²) in [4.78, 5) is 10.7. The molecule has 6 nitrogen and oxygen atoms in total. The van der Waals surface area contributed by atoms with Gasteiger partial charge in [-0.2, -0.15) is 0 Å². The van der Waals surface area contributed by atoms with Crippen molar-refractivity contribution in [2.45, 2.75) is 18.6 Å². The highest BCUT2D eigenvalue weighted by Gasteiger charge is 2.31. The van der Waals surface area contributed by atoms with Crippen LogP contribution >= 0.6 is 0 Å². The van der Waals surface area contributed by atoms with Gasteiger partial charge in [0.15, 0.2) is 5.25 Å². The molecule has 1 atom stereocenters. The van der Waals surface area contributed by atoms with Crippen LogP contribution in [0.3, 0.4) is 0 Å². The summed E-state index contributed by atoms with van der Waals surface area (Å²) >= 11 is 0. The van der Waals surface area contributed by atoms with Gasteiger partial charge >= 0.3 is 5.97 Å². The molecule has 0 aliphatic carbocycles. The summed E-state index contributed by atoms with van der Waals surface area (Å²) in [6.07, 6.45) is 0.483. The van der Waals surface area contributed by atoms with Crippen LogP contribution in [-0.2, 0) is 14.8 Å². The van der Waals surface area contributed by atoms with Crippen LogP contribution in [0.2, 0.25) is 0 Å². The van der Waals surface area contributed by atoms with Crippen molar-refractivity contribution in [2.75, 3.05) is 20.2 Å². The number of hydrogen-bond acceptors (Lipinski definition) is 4. The van der Waals surface area contributed by atoms with E-state index < -0.39 is 21.2 Å². The number of para-hydroxylation sites is 1. The molecule has 0 bridgehead atoms. The average Bonchev–Trinajstić information content (AvgIpc) is 2.43. The van der Waals surface area contributed by atoms with Gasteiger partial charge in [-0.15, -0.1) is 0 Å². The van der Waals surface area contributed by atoms with Gasteiger partial charge < -0.3 is 9.84 Å². The first-order valence-corrected chi connectivity index (χ1v) is 7.72. The lowest BCUT2D eigenvalue weighted by molar-refractivity contribution is -0.136. The number of rotatable bonds is 8. The van der Waals surface area contributed by atoms with Crippen LogP contribution in [0.15, 0.2) is 30.3 Å². The molecule has 0 heterocycles. The van der Waals surface area contributed by atoms with E-state index in [1.807, 2.05) is 30.3 Å². The van der Waals surface area contributed by atoms with E-state index in [0.717, 1.165) is 17.0 Å². The molecule has 0 saturated heterocycles. The molecular weight excluding hydrogens is 282 g/mol. The van der Waals surface area contributed by atoms with Crippen LogP contribution < -0.4 is 4.74 Å². The van der Waals surface area contributed by atoms with Crippen molar-refractivity contribution in [3.63, 3.8) is 0 Å². The van der Waals surface area contributed by atoms with Crippen molar-refractivity contribution in [1.29, 1.82) is 0 Å². The lowest BCUT2D eigenvalue weighted by Crippen LogP contribution is -2.39. The summed E-state index contributed by atoms with van der Waals surface area (Å²) in [5, 5.41) is 7.31. The first-order chi connectivity index (χ1) is 9.35. The van der Waals surface area contributed by atoms with Crippen molar-refractivity contribution < 1.29 is 23.1 Å². The number of nitrogens with zero attached hydrogens (tertiary/aromatic N) is 1. The van der Waals surface area contributed by atoms with Crippen molar-refractivity contribution in [3.8, 4) is 5.75 Å². The van der Waals surface area contributed by atoms with Crippen LogP contribution in [-0.4, -0.2) is 49.2 Å². The third-order valence-electron chi connectivity index (χ3n) is 2.86. The maximum absolute atomic E-state index is 11.8.